The van der Waals surface area contributed by atoms with Crippen molar-refractivity contribution in [3.63, 3.8) is 0 Å². The Morgan fingerprint density at radius 2 is 2.29 bits per heavy atom. The molecular weight excluding hydrogens is 234 g/mol. The molecule has 1 amide bonds. The number of pyridine rings is 1. The van der Waals surface area contributed by atoms with Crippen LogP contribution >= 0.6 is 11.3 Å². The number of hydrogen-bond acceptors (Lipinski definition) is 4. The molecule has 0 aliphatic heterocycles. The third kappa shape index (κ3) is 3.35. The lowest BCUT2D eigenvalue weighted by Crippen LogP contribution is -2.22. The van der Waals surface area contributed by atoms with Crippen molar-refractivity contribution in [2.45, 2.75) is 13.3 Å². The third-order valence-corrected chi connectivity index (χ3v) is 3.10. The van der Waals surface area contributed by atoms with Crippen molar-refractivity contribution in [1.29, 1.82) is 0 Å². The average Bonchev–Trinajstić information content (AvgIpc) is 2.78. The van der Waals surface area contributed by atoms with Crippen LogP contribution in [0.1, 0.15) is 11.9 Å². The van der Waals surface area contributed by atoms with Gasteiger partial charge in [-0.1, -0.05) is 6.07 Å². The molecule has 0 saturated carbocycles. The highest BCUT2D eigenvalue weighted by Gasteiger charge is 2.05. The zero-order valence-electron chi connectivity index (χ0n) is 9.51. The van der Waals surface area contributed by atoms with Gasteiger partial charge in [-0.05, 0) is 12.1 Å². The van der Waals surface area contributed by atoms with Crippen LogP contribution in [-0.4, -0.2) is 22.4 Å². The van der Waals surface area contributed by atoms with E-state index in [1.165, 1.54) is 6.92 Å². The molecule has 2 heterocycles. The van der Waals surface area contributed by atoms with E-state index in [1.807, 2.05) is 23.6 Å². The molecule has 0 saturated heterocycles. The summed E-state index contributed by atoms with van der Waals surface area (Å²) in [6, 6.07) is 5.76. The number of carbonyl (C=O) groups excluding carboxylic acids is 1. The molecule has 5 heteroatoms. The minimum Gasteiger partial charge on any atom is -0.356 e. The second-order valence-electron chi connectivity index (χ2n) is 3.57. The third-order valence-electron chi connectivity index (χ3n) is 2.19. The maximum absolute atomic E-state index is 10.7. The van der Waals surface area contributed by atoms with Crippen LogP contribution in [0.4, 0.5) is 0 Å². The summed E-state index contributed by atoms with van der Waals surface area (Å²) < 4.78 is 0. The lowest BCUT2D eigenvalue weighted by molar-refractivity contribution is -0.118. The number of hydrogen-bond donors (Lipinski definition) is 1. The van der Waals surface area contributed by atoms with Crippen LogP contribution in [0.2, 0.25) is 0 Å². The fraction of sp³-hybridized carbons (Fsp3) is 0.250. The quantitative estimate of drug-likeness (QED) is 0.897. The predicted molar refractivity (Wildman–Crippen MR) is 67.7 cm³/mol. The summed E-state index contributed by atoms with van der Waals surface area (Å²) >= 11 is 1.59. The zero-order valence-corrected chi connectivity index (χ0v) is 10.3. The number of amides is 1. The average molecular weight is 247 g/mol. The number of thiazole rings is 1. The lowest BCUT2D eigenvalue weighted by Gasteiger charge is -1.98. The Balaban J connectivity index is 1.99. The minimum absolute atomic E-state index is 0.00787. The van der Waals surface area contributed by atoms with Crippen LogP contribution in [0.25, 0.3) is 11.4 Å². The van der Waals surface area contributed by atoms with E-state index >= 15 is 0 Å². The molecule has 0 spiro atoms. The van der Waals surface area contributed by atoms with Crippen molar-refractivity contribution in [3.8, 4) is 11.4 Å². The number of nitrogens with one attached hydrogen (secondary N) is 1. The van der Waals surface area contributed by atoms with Crippen LogP contribution in [0, 0.1) is 0 Å². The molecule has 0 aliphatic rings. The molecule has 17 heavy (non-hydrogen) atoms. The Kier molecular flexibility index (Phi) is 3.82. The normalized spacial score (nSPS) is 10.2. The Labute approximate surface area is 104 Å². The molecule has 0 atom stereocenters. The second-order valence-corrected chi connectivity index (χ2v) is 4.52. The summed E-state index contributed by atoms with van der Waals surface area (Å²) in [7, 11) is 0. The van der Waals surface area contributed by atoms with Gasteiger partial charge in [0.1, 0.15) is 0 Å². The summed E-state index contributed by atoms with van der Waals surface area (Å²) in [6.45, 7) is 2.14. The van der Waals surface area contributed by atoms with Gasteiger partial charge in [-0.3, -0.25) is 9.78 Å². The van der Waals surface area contributed by atoms with Gasteiger partial charge in [0.05, 0.1) is 16.4 Å². The highest BCUT2D eigenvalue weighted by molar-refractivity contribution is 7.09. The Hall–Kier alpha value is -1.75. The first-order valence-corrected chi connectivity index (χ1v) is 6.24. The Morgan fingerprint density at radius 1 is 1.41 bits per heavy atom. The van der Waals surface area contributed by atoms with Crippen molar-refractivity contribution in [2.24, 2.45) is 0 Å². The van der Waals surface area contributed by atoms with Crippen molar-refractivity contribution >= 4 is 17.2 Å². The van der Waals surface area contributed by atoms with Gasteiger partial charge in [0, 0.05) is 31.5 Å². The number of nitrogens with zero attached hydrogens (tertiary/aromatic N) is 2. The van der Waals surface area contributed by atoms with Gasteiger partial charge in [0.25, 0.3) is 0 Å². The van der Waals surface area contributed by atoms with E-state index in [0.717, 1.165) is 22.8 Å². The lowest BCUT2D eigenvalue weighted by atomic mass is 10.3. The first-order valence-electron chi connectivity index (χ1n) is 5.36. The summed E-state index contributed by atoms with van der Waals surface area (Å²) in [5.74, 6) is -0.00787. The molecule has 4 nitrogen and oxygen atoms in total. The van der Waals surface area contributed by atoms with E-state index in [4.69, 9.17) is 0 Å². The van der Waals surface area contributed by atoms with Crippen LogP contribution in [0.3, 0.4) is 0 Å². The monoisotopic (exact) mass is 247 g/mol. The van der Waals surface area contributed by atoms with Gasteiger partial charge in [0.15, 0.2) is 0 Å². The fourth-order valence-corrected chi connectivity index (χ4v) is 2.20. The Morgan fingerprint density at radius 3 is 3.00 bits per heavy atom. The summed E-state index contributed by atoms with van der Waals surface area (Å²) in [5.41, 5.74) is 1.78. The van der Waals surface area contributed by atoms with Gasteiger partial charge < -0.3 is 5.32 Å². The molecule has 2 aromatic rings. The molecule has 0 bridgehead atoms. The summed E-state index contributed by atoms with van der Waals surface area (Å²) in [5, 5.41) is 5.76. The first kappa shape index (κ1) is 11.7. The van der Waals surface area contributed by atoms with Crippen LogP contribution < -0.4 is 5.32 Å². The highest BCUT2D eigenvalue weighted by Crippen LogP contribution is 2.19. The van der Waals surface area contributed by atoms with Gasteiger partial charge in [-0.15, -0.1) is 11.3 Å². The number of aromatic nitrogens is 2. The molecule has 88 valence electrons. The first-order chi connectivity index (χ1) is 8.25. The SMILES string of the molecule is CC(=O)NCCc1nc(-c2ccccn2)cs1. The van der Waals surface area contributed by atoms with Gasteiger partial charge in [0.2, 0.25) is 5.91 Å². The van der Waals surface area contributed by atoms with E-state index in [1.54, 1.807) is 17.5 Å². The van der Waals surface area contributed by atoms with Crippen molar-refractivity contribution in [2.75, 3.05) is 6.54 Å². The molecular formula is C12H13N3OS. The molecule has 2 aromatic heterocycles. The molecule has 2 rings (SSSR count). The second kappa shape index (κ2) is 5.54. The van der Waals surface area contributed by atoms with Crippen LogP contribution in [-0.2, 0) is 11.2 Å². The number of rotatable bonds is 4. The molecule has 0 fully saturated rings. The maximum atomic E-state index is 10.7. The predicted octanol–water partition coefficient (Wildman–Crippen LogP) is 1.88. The van der Waals surface area contributed by atoms with Crippen molar-refractivity contribution in [3.05, 3.63) is 34.8 Å². The molecule has 0 aliphatic carbocycles. The van der Waals surface area contributed by atoms with E-state index in [0.29, 0.717) is 6.54 Å². The summed E-state index contributed by atoms with van der Waals surface area (Å²) in [6.07, 6.45) is 2.52. The van der Waals surface area contributed by atoms with Gasteiger partial charge in [-0.25, -0.2) is 4.98 Å². The van der Waals surface area contributed by atoms with Gasteiger partial charge >= 0.3 is 0 Å². The van der Waals surface area contributed by atoms with Crippen LogP contribution in [0.15, 0.2) is 29.8 Å². The fourth-order valence-electron chi connectivity index (χ4n) is 1.40. The molecule has 0 unspecified atom stereocenters. The Bertz CT molecular complexity index is 495. The van der Waals surface area contributed by atoms with Crippen LogP contribution in [0.5, 0.6) is 0 Å². The summed E-state index contributed by atoms with van der Waals surface area (Å²) in [4.78, 5) is 19.4. The topological polar surface area (TPSA) is 54.9 Å². The molecule has 0 aromatic carbocycles. The van der Waals surface area contributed by atoms with Crippen molar-refractivity contribution < 1.29 is 4.79 Å². The zero-order chi connectivity index (χ0) is 12.1. The maximum Gasteiger partial charge on any atom is 0.216 e. The van der Waals surface area contributed by atoms with E-state index in [9.17, 15) is 4.79 Å². The molecule has 0 radical (unpaired) electrons. The van der Waals surface area contributed by atoms with Gasteiger partial charge in [-0.2, -0.15) is 0 Å². The smallest absolute Gasteiger partial charge is 0.216 e. The van der Waals surface area contributed by atoms with E-state index in [2.05, 4.69) is 15.3 Å². The van der Waals surface area contributed by atoms with Crippen molar-refractivity contribution in [1.82, 2.24) is 15.3 Å². The largest absolute Gasteiger partial charge is 0.356 e. The van der Waals surface area contributed by atoms with E-state index < -0.39 is 0 Å². The van der Waals surface area contributed by atoms with E-state index in [-0.39, 0.29) is 5.91 Å². The standard InChI is InChI=1S/C12H13N3OS/c1-9(16)13-7-5-12-15-11(8-17-12)10-4-2-3-6-14-10/h2-4,6,8H,5,7H2,1H3,(H,13,16). The minimum atomic E-state index is -0.00787. The highest BCUT2D eigenvalue weighted by atomic mass is 32.1. The molecule has 1 N–H and O–H groups in total. The number of carbonyl (C=O) groups is 1.